The summed E-state index contributed by atoms with van der Waals surface area (Å²) in [6.07, 6.45) is 0.978. The Labute approximate surface area is 118 Å². The lowest BCUT2D eigenvalue weighted by atomic mass is 10.0. The van der Waals surface area contributed by atoms with Gasteiger partial charge in [-0.2, -0.15) is 5.10 Å². The van der Waals surface area contributed by atoms with E-state index in [0.717, 1.165) is 17.8 Å². The Hall–Kier alpha value is -1.94. The second-order valence-corrected chi connectivity index (χ2v) is 5.49. The molecule has 0 saturated carbocycles. The molecule has 0 aliphatic heterocycles. The Balaban J connectivity index is 2.58. The first kappa shape index (κ1) is 14.5. The van der Waals surface area contributed by atoms with Crippen LogP contribution >= 0.6 is 0 Å². The van der Waals surface area contributed by atoms with Crippen molar-refractivity contribution in [2.24, 2.45) is 0 Å². The van der Waals surface area contributed by atoms with Crippen LogP contribution in [0.2, 0.25) is 0 Å². The van der Waals surface area contributed by atoms with Crippen LogP contribution in [0.15, 0.2) is 35.1 Å². The molecule has 0 radical (unpaired) electrons. The van der Waals surface area contributed by atoms with Crippen LogP contribution in [0.25, 0.3) is 5.69 Å². The summed E-state index contributed by atoms with van der Waals surface area (Å²) >= 11 is 0. The maximum atomic E-state index is 11.9. The van der Waals surface area contributed by atoms with E-state index in [9.17, 15) is 9.90 Å². The maximum Gasteiger partial charge on any atom is 0.206 e. The van der Waals surface area contributed by atoms with Crippen LogP contribution in [0.1, 0.15) is 37.7 Å². The Bertz CT molecular complexity index is 664. The van der Waals surface area contributed by atoms with E-state index in [1.807, 2.05) is 31.2 Å². The predicted molar refractivity (Wildman–Crippen MR) is 79.2 cm³/mol. The van der Waals surface area contributed by atoms with E-state index in [4.69, 9.17) is 0 Å². The largest absolute Gasteiger partial charge is 0.384 e. The highest BCUT2D eigenvalue weighted by Gasteiger charge is 2.23. The highest BCUT2D eigenvalue weighted by atomic mass is 16.3. The standard InChI is InChI=1S/C16H20N2O2/c1-5-12-6-8-13(9-7-12)18-11(2)10-14(19)15(17-18)16(3,4)20/h6-10,20H,5H2,1-4H3. The van der Waals surface area contributed by atoms with Gasteiger partial charge in [0.25, 0.3) is 0 Å². The fourth-order valence-corrected chi connectivity index (χ4v) is 2.11. The summed E-state index contributed by atoms with van der Waals surface area (Å²) in [5.41, 5.74) is 1.53. The summed E-state index contributed by atoms with van der Waals surface area (Å²) in [6.45, 7) is 7.06. The van der Waals surface area contributed by atoms with Crippen molar-refractivity contribution < 1.29 is 5.11 Å². The first-order valence-electron chi connectivity index (χ1n) is 6.76. The zero-order valence-electron chi connectivity index (χ0n) is 12.3. The molecule has 0 spiro atoms. The molecular formula is C16H20N2O2. The number of aliphatic hydroxyl groups is 1. The van der Waals surface area contributed by atoms with Gasteiger partial charge in [0.15, 0.2) is 0 Å². The summed E-state index contributed by atoms with van der Waals surface area (Å²) < 4.78 is 1.69. The minimum absolute atomic E-state index is 0.155. The van der Waals surface area contributed by atoms with E-state index in [0.29, 0.717) is 0 Å². The van der Waals surface area contributed by atoms with Gasteiger partial charge in [0.2, 0.25) is 5.43 Å². The van der Waals surface area contributed by atoms with Crippen LogP contribution in [-0.2, 0) is 12.0 Å². The molecule has 2 rings (SSSR count). The highest BCUT2D eigenvalue weighted by molar-refractivity contribution is 5.35. The van der Waals surface area contributed by atoms with Gasteiger partial charge in [-0.05, 0) is 44.9 Å². The number of benzene rings is 1. The molecule has 0 fully saturated rings. The molecule has 1 aromatic heterocycles. The predicted octanol–water partition coefficient (Wildman–Crippen LogP) is 2.33. The molecule has 0 unspecified atom stereocenters. The SMILES string of the molecule is CCc1ccc(-n2nc(C(C)(C)O)c(=O)cc2C)cc1. The number of rotatable bonds is 3. The van der Waals surface area contributed by atoms with E-state index >= 15 is 0 Å². The molecule has 1 heterocycles. The van der Waals surface area contributed by atoms with Crippen molar-refractivity contribution in [2.45, 2.75) is 39.7 Å². The third-order valence-electron chi connectivity index (χ3n) is 3.28. The summed E-state index contributed by atoms with van der Waals surface area (Å²) in [4.78, 5) is 11.9. The van der Waals surface area contributed by atoms with Crippen LogP contribution in [-0.4, -0.2) is 14.9 Å². The lowest BCUT2D eigenvalue weighted by Gasteiger charge is -2.18. The zero-order valence-corrected chi connectivity index (χ0v) is 12.3. The quantitative estimate of drug-likeness (QED) is 0.933. The molecule has 106 valence electrons. The molecule has 4 nitrogen and oxygen atoms in total. The van der Waals surface area contributed by atoms with Gasteiger partial charge >= 0.3 is 0 Å². The molecule has 20 heavy (non-hydrogen) atoms. The zero-order chi connectivity index (χ0) is 14.9. The van der Waals surface area contributed by atoms with Crippen molar-refractivity contribution in [3.63, 3.8) is 0 Å². The molecular weight excluding hydrogens is 252 g/mol. The average molecular weight is 272 g/mol. The van der Waals surface area contributed by atoms with E-state index in [1.54, 1.807) is 18.5 Å². The Kier molecular flexibility index (Phi) is 3.77. The van der Waals surface area contributed by atoms with Gasteiger partial charge in [-0.3, -0.25) is 4.79 Å². The second-order valence-electron chi connectivity index (χ2n) is 5.49. The Morgan fingerprint density at radius 1 is 1.25 bits per heavy atom. The molecule has 0 aliphatic rings. The van der Waals surface area contributed by atoms with Gasteiger partial charge in [0.1, 0.15) is 11.3 Å². The van der Waals surface area contributed by atoms with Crippen molar-refractivity contribution >= 4 is 0 Å². The van der Waals surface area contributed by atoms with Crippen molar-refractivity contribution in [2.75, 3.05) is 0 Å². The summed E-state index contributed by atoms with van der Waals surface area (Å²) in [6, 6.07) is 9.53. The van der Waals surface area contributed by atoms with Crippen molar-refractivity contribution in [3.05, 3.63) is 57.5 Å². The van der Waals surface area contributed by atoms with E-state index in [-0.39, 0.29) is 11.1 Å². The molecule has 4 heteroatoms. The van der Waals surface area contributed by atoms with Gasteiger partial charge < -0.3 is 5.11 Å². The Morgan fingerprint density at radius 2 is 1.85 bits per heavy atom. The highest BCUT2D eigenvalue weighted by Crippen LogP contribution is 2.16. The summed E-state index contributed by atoms with van der Waals surface area (Å²) in [5, 5.41) is 14.4. The topological polar surface area (TPSA) is 55.1 Å². The molecule has 0 bridgehead atoms. The minimum atomic E-state index is -1.25. The van der Waals surface area contributed by atoms with Gasteiger partial charge in [-0.25, -0.2) is 4.68 Å². The van der Waals surface area contributed by atoms with Crippen molar-refractivity contribution in [3.8, 4) is 5.69 Å². The average Bonchev–Trinajstić information content (AvgIpc) is 2.37. The lowest BCUT2D eigenvalue weighted by Crippen LogP contribution is -2.30. The fourth-order valence-electron chi connectivity index (χ4n) is 2.11. The van der Waals surface area contributed by atoms with Crippen LogP contribution < -0.4 is 5.43 Å². The van der Waals surface area contributed by atoms with Gasteiger partial charge in [0.05, 0.1) is 5.69 Å². The second kappa shape index (κ2) is 5.21. The Morgan fingerprint density at radius 3 is 2.35 bits per heavy atom. The monoisotopic (exact) mass is 272 g/mol. The number of aromatic nitrogens is 2. The first-order chi connectivity index (χ1) is 9.32. The van der Waals surface area contributed by atoms with Crippen molar-refractivity contribution in [1.82, 2.24) is 9.78 Å². The third-order valence-corrected chi connectivity index (χ3v) is 3.28. The molecule has 0 aliphatic carbocycles. The maximum absolute atomic E-state index is 11.9. The number of hydrogen-bond donors (Lipinski definition) is 1. The van der Waals surface area contributed by atoms with Gasteiger partial charge in [-0.15, -0.1) is 0 Å². The third kappa shape index (κ3) is 2.80. The molecule has 1 aromatic carbocycles. The number of nitrogens with zero attached hydrogens (tertiary/aromatic N) is 2. The van der Waals surface area contributed by atoms with Crippen molar-refractivity contribution in [1.29, 1.82) is 0 Å². The smallest absolute Gasteiger partial charge is 0.206 e. The molecule has 1 N–H and O–H groups in total. The normalized spacial score (nSPS) is 11.7. The van der Waals surface area contributed by atoms with Crippen LogP contribution in [0.3, 0.4) is 0 Å². The molecule has 0 saturated heterocycles. The lowest BCUT2D eigenvalue weighted by molar-refractivity contribution is 0.0709. The number of aryl methyl sites for hydroxylation is 2. The first-order valence-corrected chi connectivity index (χ1v) is 6.76. The summed E-state index contributed by atoms with van der Waals surface area (Å²) in [5.74, 6) is 0. The molecule has 0 amide bonds. The molecule has 0 atom stereocenters. The number of hydrogen-bond acceptors (Lipinski definition) is 3. The summed E-state index contributed by atoms with van der Waals surface area (Å²) in [7, 11) is 0. The van der Waals surface area contributed by atoms with Gasteiger partial charge in [-0.1, -0.05) is 19.1 Å². The van der Waals surface area contributed by atoms with E-state index in [1.165, 1.54) is 11.6 Å². The van der Waals surface area contributed by atoms with E-state index in [2.05, 4.69) is 12.0 Å². The van der Waals surface area contributed by atoms with E-state index < -0.39 is 5.60 Å². The van der Waals surface area contributed by atoms with Crippen LogP contribution in [0.5, 0.6) is 0 Å². The van der Waals surface area contributed by atoms with Crippen LogP contribution in [0, 0.1) is 6.92 Å². The molecule has 2 aromatic rings. The van der Waals surface area contributed by atoms with Crippen LogP contribution in [0.4, 0.5) is 0 Å². The fraction of sp³-hybridized carbons (Fsp3) is 0.375. The minimum Gasteiger partial charge on any atom is -0.384 e. The van der Waals surface area contributed by atoms with Gasteiger partial charge in [0, 0.05) is 11.8 Å².